The van der Waals surface area contributed by atoms with Gasteiger partial charge >= 0.3 is 5.97 Å². The second-order valence-electron chi connectivity index (χ2n) is 6.23. The maximum Gasteiger partial charge on any atom is 0.364 e. The van der Waals surface area contributed by atoms with Crippen LogP contribution in [0.5, 0.6) is 0 Å². The number of pyridine rings is 1. The molecule has 0 radical (unpaired) electrons. The number of hydrogen-bond donors (Lipinski definition) is 2. The van der Waals surface area contributed by atoms with Crippen molar-refractivity contribution < 1.29 is 19.5 Å². The molecule has 3 heterocycles. The summed E-state index contributed by atoms with van der Waals surface area (Å²) >= 11 is 5.58. The first-order valence-electron chi connectivity index (χ1n) is 8.34. The highest BCUT2D eigenvalue weighted by atomic mass is 32.1. The number of quaternary nitrogens is 1. The zero-order valence-electron chi connectivity index (χ0n) is 14.5. The molecule has 2 N–H and O–H groups in total. The van der Waals surface area contributed by atoms with Gasteiger partial charge in [0.15, 0.2) is 18.5 Å². The van der Waals surface area contributed by atoms with E-state index in [2.05, 4.69) is 16.7 Å². The van der Waals surface area contributed by atoms with Gasteiger partial charge < -0.3 is 14.7 Å². The van der Waals surface area contributed by atoms with E-state index in [0.29, 0.717) is 36.8 Å². The quantitative estimate of drug-likeness (QED) is 0.413. The molecule has 0 bridgehead atoms. The number of rotatable bonds is 6. The van der Waals surface area contributed by atoms with Crippen molar-refractivity contribution >= 4 is 18.2 Å². The number of nitrogens with zero attached hydrogens (tertiary/aromatic N) is 4. The van der Waals surface area contributed by atoms with E-state index in [-0.39, 0.29) is 5.97 Å². The molecule has 1 aliphatic heterocycles. The van der Waals surface area contributed by atoms with Crippen LogP contribution in [0.2, 0.25) is 0 Å². The minimum Gasteiger partial charge on any atom is -0.465 e. The lowest BCUT2D eigenvalue weighted by Crippen LogP contribution is -3.14. The Hall–Kier alpha value is -2.36. The summed E-state index contributed by atoms with van der Waals surface area (Å²) in [5.41, 5.74) is 0.847. The van der Waals surface area contributed by atoms with E-state index in [1.54, 1.807) is 23.2 Å². The Morgan fingerprint density at radius 2 is 2.42 bits per heavy atom. The number of hydrogen-bond acceptors (Lipinski definition) is 6. The number of nitrogens with one attached hydrogen (secondary N) is 1. The summed E-state index contributed by atoms with van der Waals surface area (Å²) in [5.74, 6) is 0.359. The number of esters is 1. The molecule has 0 aromatic carbocycles. The van der Waals surface area contributed by atoms with Gasteiger partial charge in [-0.2, -0.15) is 4.68 Å². The number of likely N-dealkylation sites (tertiary alicyclic amines) is 1. The number of ether oxygens (including phenoxy) is 1. The zero-order valence-corrected chi connectivity index (χ0v) is 15.4. The third-order valence-electron chi connectivity index (χ3n) is 4.49. The minimum absolute atomic E-state index is 0.332. The van der Waals surface area contributed by atoms with Gasteiger partial charge in [-0.15, -0.1) is 11.7 Å². The lowest BCUT2D eigenvalue weighted by Gasteiger charge is -2.18. The van der Waals surface area contributed by atoms with Gasteiger partial charge in [-0.1, -0.05) is 6.08 Å². The van der Waals surface area contributed by atoms with Crippen LogP contribution in [-0.4, -0.2) is 56.2 Å². The van der Waals surface area contributed by atoms with Crippen molar-refractivity contribution in [3.63, 3.8) is 0 Å². The van der Waals surface area contributed by atoms with Gasteiger partial charge in [0.2, 0.25) is 4.77 Å². The molecule has 0 amide bonds. The van der Waals surface area contributed by atoms with Crippen molar-refractivity contribution in [3.8, 4) is 11.4 Å². The summed E-state index contributed by atoms with van der Waals surface area (Å²) in [6.07, 6.45) is 5.01. The van der Waals surface area contributed by atoms with Crippen LogP contribution in [0.1, 0.15) is 6.42 Å². The van der Waals surface area contributed by atoms with E-state index in [4.69, 9.17) is 17.0 Å². The Bertz CT molecular complexity index is 848. The summed E-state index contributed by atoms with van der Waals surface area (Å²) < 4.78 is 8.95. The molecule has 26 heavy (non-hydrogen) atoms. The van der Waals surface area contributed by atoms with Crippen molar-refractivity contribution in [2.24, 2.45) is 0 Å². The first kappa shape index (κ1) is 18.4. The van der Waals surface area contributed by atoms with Gasteiger partial charge in [0.05, 0.1) is 7.11 Å². The Morgan fingerprint density at radius 3 is 3.08 bits per heavy atom. The Labute approximate surface area is 156 Å². The second kappa shape index (κ2) is 7.90. The Balaban J connectivity index is 1.94. The number of aliphatic hydroxyl groups is 1. The fourth-order valence-electron chi connectivity index (χ4n) is 3.29. The van der Waals surface area contributed by atoms with Gasteiger partial charge in [0, 0.05) is 30.9 Å². The van der Waals surface area contributed by atoms with Crippen LogP contribution < -0.4 is 4.90 Å². The molecule has 3 rings (SSSR count). The molecule has 9 heteroatoms. The van der Waals surface area contributed by atoms with Crippen molar-refractivity contribution in [1.29, 1.82) is 0 Å². The molecule has 0 aliphatic carbocycles. The highest BCUT2D eigenvalue weighted by Gasteiger charge is 2.41. The maximum absolute atomic E-state index is 12.0. The van der Waals surface area contributed by atoms with Crippen LogP contribution >= 0.6 is 12.2 Å². The molecule has 1 saturated heterocycles. The molecule has 1 aliphatic rings. The summed E-state index contributed by atoms with van der Waals surface area (Å²) in [6, 6.07) is 3.33. The molecule has 2 aromatic rings. The van der Waals surface area contributed by atoms with Crippen LogP contribution in [0.3, 0.4) is 0 Å². The van der Waals surface area contributed by atoms with Gasteiger partial charge in [-0.05, 0) is 24.4 Å². The zero-order chi connectivity index (χ0) is 18.7. The molecule has 3 atom stereocenters. The molecule has 0 saturated carbocycles. The lowest BCUT2D eigenvalue weighted by molar-refractivity contribution is -0.928. The highest BCUT2D eigenvalue weighted by Crippen LogP contribution is 2.17. The maximum atomic E-state index is 12.0. The van der Waals surface area contributed by atoms with Crippen LogP contribution in [0.15, 0.2) is 37.2 Å². The predicted octanol–water partition coefficient (Wildman–Crippen LogP) is -0.189. The molecule has 2 aromatic heterocycles. The van der Waals surface area contributed by atoms with Crippen LogP contribution in [0.4, 0.5) is 0 Å². The summed E-state index contributed by atoms with van der Waals surface area (Å²) in [6.45, 7) is 5.11. The van der Waals surface area contributed by atoms with Crippen molar-refractivity contribution in [2.45, 2.75) is 31.8 Å². The molecular weight excluding hydrogens is 354 g/mol. The van der Waals surface area contributed by atoms with Gasteiger partial charge in [-0.25, -0.2) is 4.79 Å². The normalized spacial score (nSPS) is 22.3. The van der Waals surface area contributed by atoms with E-state index in [0.717, 1.165) is 10.5 Å². The summed E-state index contributed by atoms with van der Waals surface area (Å²) in [7, 11) is 1.36. The summed E-state index contributed by atoms with van der Waals surface area (Å²) in [5, 5.41) is 14.6. The van der Waals surface area contributed by atoms with Crippen LogP contribution in [-0.2, 0) is 22.7 Å². The van der Waals surface area contributed by atoms with Gasteiger partial charge in [0.1, 0.15) is 12.6 Å². The SMILES string of the molecule is C=CCn1c(-c2cccnc2)nn(C[NH+]2C[C@@H](O)C[C@H]2C(=O)OC)c1=S. The van der Waals surface area contributed by atoms with E-state index < -0.39 is 12.1 Å². The molecule has 8 nitrogen and oxygen atoms in total. The third kappa shape index (κ3) is 3.59. The fourth-order valence-corrected chi connectivity index (χ4v) is 3.55. The monoisotopic (exact) mass is 376 g/mol. The first-order chi connectivity index (χ1) is 12.5. The smallest absolute Gasteiger partial charge is 0.364 e. The summed E-state index contributed by atoms with van der Waals surface area (Å²) in [4.78, 5) is 17.0. The number of carbonyl (C=O) groups is 1. The van der Waals surface area contributed by atoms with E-state index in [9.17, 15) is 9.90 Å². The number of allylic oxidation sites excluding steroid dienone is 1. The lowest BCUT2D eigenvalue weighted by atomic mass is 10.2. The van der Waals surface area contributed by atoms with Crippen molar-refractivity contribution in [3.05, 3.63) is 42.0 Å². The average molecular weight is 376 g/mol. The number of methoxy groups -OCH3 is 1. The topological polar surface area (TPSA) is 86.6 Å². The number of carbonyl (C=O) groups excluding carboxylic acids is 1. The van der Waals surface area contributed by atoms with Crippen molar-refractivity contribution in [2.75, 3.05) is 13.7 Å². The van der Waals surface area contributed by atoms with Crippen LogP contribution in [0, 0.1) is 4.77 Å². The van der Waals surface area contributed by atoms with Crippen molar-refractivity contribution in [1.82, 2.24) is 19.3 Å². The van der Waals surface area contributed by atoms with Gasteiger partial charge in [0.25, 0.3) is 0 Å². The van der Waals surface area contributed by atoms with Crippen LogP contribution in [0.25, 0.3) is 11.4 Å². The molecule has 0 spiro atoms. The average Bonchev–Trinajstić information content (AvgIpc) is 3.17. The number of aliphatic hydroxyl groups excluding tert-OH is 1. The van der Waals surface area contributed by atoms with E-state index >= 15 is 0 Å². The molecule has 1 unspecified atom stereocenters. The number of aromatic nitrogens is 4. The van der Waals surface area contributed by atoms with E-state index in [1.165, 1.54) is 7.11 Å². The fraction of sp³-hybridized carbons (Fsp3) is 0.412. The van der Waals surface area contributed by atoms with Gasteiger partial charge in [-0.3, -0.25) is 9.55 Å². The predicted molar refractivity (Wildman–Crippen MR) is 96.7 cm³/mol. The second-order valence-corrected chi connectivity index (χ2v) is 6.60. The molecular formula is C17H22N5O3S+. The Kier molecular flexibility index (Phi) is 5.60. The third-order valence-corrected chi connectivity index (χ3v) is 4.92. The molecule has 138 valence electrons. The molecule has 1 fully saturated rings. The highest BCUT2D eigenvalue weighted by molar-refractivity contribution is 7.71. The first-order valence-corrected chi connectivity index (χ1v) is 8.75. The Morgan fingerprint density at radius 1 is 1.62 bits per heavy atom. The van der Waals surface area contributed by atoms with E-state index in [1.807, 2.05) is 16.7 Å². The largest absolute Gasteiger partial charge is 0.465 e. The standard InChI is InChI=1S/C17H21N5O3S/c1-3-7-21-15(12-5-4-6-18-9-12)19-22(17(21)26)11-20-10-13(23)8-14(20)16(24)25-2/h3-6,9,13-14,23H,1,7-8,10-11H2,2H3/p+1/t13-,14-/m0/s1. The minimum atomic E-state index is -0.545.